The van der Waals surface area contributed by atoms with Crippen molar-refractivity contribution in [2.24, 2.45) is 5.73 Å². The molecule has 0 aliphatic heterocycles. The van der Waals surface area contributed by atoms with E-state index in [-0.39, 0.29) is 5.97 Å². The van der Waals surface area contributed by atoms with E-state index in [0.29, 0.717) is 6.42 Å². The van der Waals surface area contributed by atoms with E-state index in [2.05, 4.69) is 26.0 Å². The van der Waals surface area contributed by atoms with E-state index in [0.717, 1.165) is 32.1 Å². The smallest absolute Gasteiger partial charge is 0.307 e. The van der Waals surface area contributed by atoms with Gasteiger partial charge in [-0.25, -0.2) is 0 Å². The van der Waals surface area contributed by atoms with Gasteiger partial charge in [-0.05, 0) is 44.9 Å². The van der Waals surface area contributed by atoms with E-state index >= 15 is 0 Å². The van der Waals surface area contributed by atoms with Crippen molar-refractivity contribution in [1.29, 1.82) is 0 Å². The van der Waals surface area contributed by atoms with Crippen LogP contribution >= 0.6 is 0 Å². The molecule has 0 rings (SSSR count). The van der Waals surface area contributed by atoms with E-state index in [9.17, 15) is 4.79 Å². The van der Waals surface area contributed by atoms with E-state index in [4.69, 9.17) is 10.5 Å². The van der Waals surface area contributed by atoms with Crippen LogP contribution in [0, 0.1) is 0 Å². The van der Waals surface area contributed by atoms with E-state index < -0.39 is 6.23 Å². The summed E-state index contributed by atoms with van der Waals surface area (Å²) in [6.07, 6.45) is 24.1. The summed E-state index contributed by atoms with van der Waals surface area (Å²) in [5.74, 6) is -0.133. The molecule has 1 unspecified atom stereocenters. The molecule has 0 aliphatic rings. The third-order valence-corrected chi connectivity index (χ3v) is 4.77. The largest absolute Gasteiger partial charge is 0.447 e. The van der Waals surface area contributed by atoms with Crippen LogP contribution in [0.2, 0.25) is 0 Å². The topological polar surface area (TPSA) is 52.3 Å². The van der Waals surface area contributed by atoms with Gasteiger partial charge in [0, 0.05) is 6.42 Å². The predicted molar refractivity (Wildman–Crippen MR) is 113 cm³/mol. The van der Waals surface area contributed by atoms with E-state index in [1.807, 2.05) is 0 Å². The van der Waals surface area contributed by atoms with Gasteiger partial charge in [-0.15, -0.1) is 0 Å². The lowest BCUT2D eigenvalue weighted by Crippen LogP contribution is -2.26. The maximum Gasteiger partial charge on any atom is 0.307 e. The average Bonchev–Trinajstić information content (AvgIpc) is 2.63. The number of hydrogen-bond donors (Lipinski definition) is 1. The molecule has 0 spiro atoms. The Kier molecular flexibility index (Phi) is 19.8. The molecule has 0 aromatic rings. The van der Waals surface area contributed by atoms with Gasteiger partial charge < -0.3 is 4.74 Å². The maximum atomic E-state index is 11.6. The van der Waals surface area contributed by atoms with Gasteiger partial charge in [0.25, 0.3) is 0 Å². The highest BCUT2D eigenvalue weighted by Gasteiger charge is 2.08. The Balaban J connectivity index is 3.28. The van der Waals surface area contributed by atoms with Gasteiger partial charge in [-0.2, -0.15) is 0 Å². The Hall–Kier alpha value is -0.830. The van der Waals surface area contributed by atoms with Crippen LogP contribution in [0.25, 0.3) is 0 Å². The number of rotatable bonds is 19. The summed E-state index contributed by atoms with van der Waals surface area (Å²) in [6, 6.07) is 0. The minimum atomic E-state index is -0.412. The number of unbranched alkanes of at least 4 members (excludes halogenated alkanes) is 12. The lowest BCUT2D eigenvalue weighted by molar-refractivity contribution is -0.149. The van der Waals surface area contributed by atoms with Crippen molar-refractivity contribution >= 4 is 5.97 Å². The molecule has 3 nitrogen and oxygen atoms in total. The number of carbonyl (C=O) groups excluding carboxylic acids is 1. The van der Waals surface area contributed by atoms with E-state index in [1.165, 1.54) is 70.6 Å². The first-order chi connectivity index (χ1) is 12.7. The van der Waals surface area contributed by atoms with Gasteiger partial charge >= 0.3 is 5.97 Å². The highest BCUT2D eigenvalue weighted by molar-refractivity contribution is 5.69. The predicted octanol–water partition coefficient (Wildman–Crippen LogP) is 7.04. The molecule has 0 fully saturated rings. The molecule has 0 saturated carbocycles. The van der Waals surface area contributed by atoms with Crippen LogP contribution in [0.3, 0.4) is 0 Å². The first-order valence-corrected chi connectivity index (χ1v) is 11.3. The van der Waals surface area contributed by atoms with Crippen LogP contribution in [0.5, 0.6) is 0 Å². The summed E-state index contributed by atoms with van der Waals surface area (Å²) in [6.45, 7) is 4.38. The number of allylic oxidation sites excluding steroid dienone is 2. The van der Waals surface area contributed by atoms with Crippen molar-refractivity contribution in [3.05, 3.63) is 12.2 Å². The second-order valence-electron chi connectivity index (χ2n) is 7.50. The first kappa shape index (κ1) is 25.2. The van der Waals surface area contributed by atoms with Crippen LogP contribution < -0.4 is 5.73 Å². The maximum absolute atomic E-state index is 11.6. The van der Waals surface area contributed by atoms with Crippen LogP contribution in [0.1, 0.15) is 123 Å². The third kappa shape index (κ3) is 19.5. The molecule has 3 heteroatoms. The second kappa shape index (κ2) is 20.5. The van der Waals surface area contributed by atoms with Crippen molar-refractivity contribution in [2.45, 2.75) is 129 Å². The molecular weight excluding hydrogens is 322 g/mol. The van der Waals surface area contributed by atoms with Crippen LogP contribution in [-0.4, -0.2) is 12.2 Å². The zero-order valence-corrected chi connectivity index (χ0v) is 17.6. The SMILES string of the molecule is CCCCCCCC/C=C\CCCCCCCC(=O)OC(N)CCCC. The molecule has 0 aromatic heterocycles. The van der Waals surface area contributed by atoms with Crippen molar-refractivity contribution in [3.63, 3.8) is 0 Å². The molecule has 0 radical (unpaired) electrons. The van der Waals surface area contributed by atoms with Gasteiger partial charge in [-0.1, -0.05) is 83.8 Å². The minimum Gasteiger partial charge on any atom is -0.447 e. The van der Waals surface area contributed by atoms with Gasteiger partial charge in [0.1, 0.15) is 0 Å². The highest BCUT2D eigenvalue weighted by Crippen LogP contribution is 2.10. The number of carbonyl (C=O) groups is 1. The normalized spacial score (nSPS) is 12.6. The molecule has 26 heavy (non-hydrogen) atoms. The third-order valence-electron chi connectivity index (χ3n) is 4.77. The number of nitrogens with two attached hydrogens (primary N) is 1. The molecule has 0 amide bonds. The van der Waals surface area contributed by atoms with Crippen molar-refractivity contribution in [1.82, 2.24) is 0 Å². The fourth-order valence-electron chi connectivity index (χ4n) is 3.03. The fourth-order valence-corrected chi connectivity index (χ4v) is 3.03. The molecule has 0 aliphatic carbocycles. The van der Waals surface area contributed by atoms with Crippen LogP contribution in [-0.2, 0) is 9.53 Å². The summed E-state index contributed by atoms with van der Waals surface area (Å²) < 4.78 is 5.20. The summed E-state index contributed by atoms with van der Waals surface area (Å²) >= 11 is 0. The minimum absolute atomic E-state index is 0.133. The Bertz CT molecular complexity index is 328. The molecule has 1 atom stereocenters. The van der Waals surface area contributed by atoms with Gasteiger partial charge in [0.2, 0.25) is 0 Å². The Morgan fingerprint density at radius 3 is 1.85 bits per heavy atom. The second-order valence-corrected chi connectivity index (χ2v) is 7.50. The van der Waals surface area contributed by atoms with Crippen LogP contribution in [0.15, 0.2) is 12.2 Å². The average molecular weight is 368 g/mol. The molecule has 0 bridgehead atoms. The summed E-state index contributed by atoms with van der Waals surface area (Å²) in [5, 5.41) is 0. The van der Waals surface area contributed by atoms with Gasteiger partial charge in [0.15, 0.2) is 6.23 Å². The molecular formula is C23H45NO2. The lowest BCUT2D eigenvalue weighted by atomic mass is 10.1. The Morgan fingerprint density at radius 1 is 0.769 bits per heavy atom. The van der Waals surface area contributed by atoms with Gasteiger partial charge in [0.05, 0.1) is 0 Å². The van der Waals surface area contributed by atoms with Crippen LogP contribution in [0.4, 0.5) is 0 Å². The van der Waals surface area contributed by atoms with Crippen molar-refractivity contribution in [3.8, 4) is 0 Å². The molecule has 0 saturated heterocycles. The Labute approximate surface area is 163 Å². The Morgan fingerprint density at radius 2 is 1.27 bits per heavy atom. The van der Waals surface area contributed by atoms with Crippen molar-refractivity contribution < 1.29 is 9.53 Å². The standard InChI is InChI=1S/C23H45NO2/c1-3-5-7-8-9-10-11-12-13-14-15-16-17-18-19-21-23(25)26-22(24)20-6-4-2/h12-13,22H,3-11,14-21,24H2,1-2H3/b13-12-. The lowest BCUT2D eigenvalue weighted by Gasteiger charge is -2.12. The quantitative estimate of drug-likeness (QED) is 0.115. The highest BCUT2D eigenvalue weighted by atomic mass is 16.6. The molecule has 154 valence electrons. The summed E-state index contributed by atoms with van der Waals surface area (Å²) in [5.41, 5.74) is 5.77. The zero-order valence-electron chi connectivity index (χ0n) is 17.6. The molecule has 0 aromatic carbocycles. The first-order valence-electron chi connectivity index (χ1n) is 11.3. The monoisotopic (exact) mass is 367 g/mol. The fraction of sp³-hybridized carbons (Fsp3) is 0.870. The van der Waals surface area contributed by atoms with Crippen molar-refractivity contribution in [2.75, 3.05) is 0 Å². The number of hydrogen-bond acceptors (Lipinski definition) is 3. The summed E-state index contributed by atoms with van der Waals surface area (Å²) in [7, 11) is 0. The number of ether oxygens (including phenoxy) is 1. The summed E-state index contributed by atoms with van der Waals surface area (Å²) in [4.78, 5) is 11.6. The van der Waals surface area contributed by atoms with Gasteiger partial charge in [-0.3, -0.25) is 10.5 Å². The molecule has 2 N–H and O–H groups in total. The number of esters is 1. The van der Waals surface area contributed by atoms with E-state index in [1.54, 1.807) is 0 Å². The zero-order chi connectivity index (χ0) is 19.3. The molecule has 0 heterocycles.